The van der Waals surface area contributed by atoms with Crippen LogP contribution in [0.4, 0.5) is 0 Å². The van der Waals surface area contributed by atoms with Crippen molar-refractivity contribution in [1.29, 1.82) is 0 Å². The highest BCUT2D eigenvalue weighted by Gasteiger charge is 2.17. The van der Waals surface area contributed by atoms with Crippen molar-refractivity contribution in [1.82, 2.24) is 15.1 Å². The largest absolute Gasteiger partial charge is 0.493 e. The minimum atomic E-state index is 0.241. The zero-order valence-corrected chi connectivity index (χ0v) is 16.4. The molecule has 1 aromatic rings. The summed E-state index contributed by atoms with van der Waals surface area (Å²) in [7, 11) is 5.34. The number of nitrogens with one attached hydrogen (secondary N) is 1. The van der Waals surface area contributed by atoms with E-state index < -0.39 is 0 Å². The Bertz CT molecular complexity index is 577. The van der Waals surface area contributed by atoms with Crippen molar-refractivity contribution in [3.8, 4) is 11.5 Å². The van der Waals surface area contributed by atoms with Gasteiger partial charge in [0.25, 0.3) is 0 Å². The van der Waals surface area contributed by atoms with E-state index in [0.29, 0.717) is 6.42 Å². The zero-order chi connectivity index (χ0) is 18.2. The fourth-order valence-electron chi connectivity index (χ4n) is 2.94. The molecule has 1 N–H and O–H groups in total. The lowest BCUT2D eigenvalue weighted by Crippen LogP contribution is -2.47. The molecule has 1 aliphatic rings. The highest BCUT2D eigenvalue weighted by Crippen LogP contribution is 2.35. The second-order valence-corrected chi connectivity index (χ2v) is 6.99. The molecular formula is C18H29N3O3S. The Hall–Kier alpha value is -1.44. The minimum absolute atomic E-state index is 0.241. The van der Waals surface area contributed by atoms with Gasteiger partial charge in [-0.1, -0.05) is 0 Å². The molecule has 25 heavy (non-hydrogen) atoms. The van der Waals surface area contributed by atoms with Crippen molar-refractivity contribution >= 4 is 17.7 Å². The molecule has 6 nitrogen and oxygen atoms in total. The predicted octanol–water partition coefficient (Wildman–Crippen LogP) is 1.68. The van der Waals surface area contributed by atoms with Crippen LogP contribution >= 0.6 is 11.8 Å². The summed E-state index contributed by atoms with van der Waals surface area (Å²) >= 11 is 1.69. The first-order valence-corrected chi connectivity index (χ1v) is 9.77. The summed E-state index contributed by atoms with van der Waals surface area (Å²) < 4.78 is 10.8. The predicted molar refractivity (Wildman–Crippen MR) is 102 cm³/mol. The van der Waals surface area contributed by atoms with Crippen LogP contribution in [0.25, 0.3) is 0 Å². The Morgan fingerprint density at radius 2 is 1.88 bits per heavy atom. The van der Waals surface area contributed by atoms with Crippen LogP contribution in [0.2, 0.25) is 0 Å². The van der Waals surface area contributed by atoms with E-state index in [9.17, 15) is 4.79 Å². The minimum Gasteiger partial charge on any atom is -0.493 e. The number of piperazine rings is 1. The quantitative estimate of drug-likeness (QED) is 0.706. The van der Waals surface area contributed by atoms with Gasteiger partial charge >= 0.3 is 0 Å². The first-order chi connectivity index (χ1) is 12.1. The normalized spacial score (nSPS) is 14.7. The lowest BCUT2D eigenvalue weighted by Gasteiger charge is -2.28. The van der Waals surface area contributed by atoms with Crippen LogP contribution in [0, 0.1) is 0 Å². The molecule has 1 saturated heterocycles. The molecule has 1 aliphatic heterocycles. The molecule has 1 amide bonds. The van der Waals surface area contributed by atoms with Gasteiger partial charge in [0.15, 0.2) is 11.5 Å². The Morgan fingerprint density at radius 3 is 2.48 bits per heavy atom. The van der Waals surface area contributed by atoms with Crippen LogP contribution in [0.3, 0.4) is 0 Å². The lowest BCUT2D eigenvalue weighted by atomic mass is 10.1. The first kappa shape index (κ1) is 19.9. The van der Waals surface area contributed by atoms with Crippen molar-refractivity contribution in [2.24, 2.45) is 0 Å². The molecule has 2 rings (SSSR count). The molecule has 0 atom stereocenters. The maximum atomic E-state index is 12.3. The molecule has 0 aromatic heterocycles. The first-order valence-electron chi connectivity index (χ1n) is 8.55. The van der Waals surface area contributed by atoms with Gasteiger partial charge < -0.3 is 24.6 Å². The van der Waals surface area contributed by atoms with Gasteiger partial charge in [-0.15, -0.1) is 11.8 Å². The summed E-state index contributed by atoms with van der Waals surface area (Å²) in [4.78, 5) is 17.6. The van der Waals surface area contributed by atoms with Crippen LogP contribution in [0.5, 0.6) is 11.5 Å². The van der Waals surface area contributed by atoms with Crippen LogP contribution in [0.1, 0.15) is 12.0 Å². The number of carbonyl (C=O) groups is 1. The SMILES string of the molecule is COc1cc(CN(C)CCC(=O)N2CCNCC2)c(SC)cc1OC. The van der Waals surface area contributed by atoms with Crippen LogP contribution in [-0.4, -0.2) is 76.0 Å². The van der Waals surface area contributed by atoms with E-state index in [4.69, 9.17) is 9.47 Å². The molecule has 1 fully saturated rings. The summed E-state index contributed by atoms with van der Waals surface area (Å²) in [5, 5.41) is 3.27. The number of methoxy groups -OCH3 is 2. The number of hydrogen-bond donors (Lipinski definition) is 1. The van der Waals surface area contributed by atoms with Gasteiger partial charge in [-0.25, -0.2) is 0 Å². The van der Waals surface area contributed by atoms with Gasteiger partial charge in [-0.05, 0) is 31.0 Å². The molecule has 0 radical (unpaired) electrons. The smallest absolute Gasteiger partial charge is 0.223 e. The second-order valence-electron chi connectivity index (χ2n) is 6.14. The monoisotopic (exact) mass is 367 g/mol. The third-order valence-electron chi connectivity index (χ3n) is 4.40. The Kier molecular flexibility index (Phi) is 7.87. The molecule has 0 bridgehead atoms. The average Bonchev–Trinajstić information content (AvgIpc) is 2.66. The standard InChI is InChI=1S/C18H29N3O3S/c1-20(8-5-18(22)21-9-6-19-7-10-21)13-14-11-15(23-2)16(24-3)12-17(14)25-4/h11-12,19H,5-10,13H2,1-4H3. The molecule has 1 aromatic carbocycles. The van der Waals surface area contributed by atoms with Crippen molar-refractivity contribution in [2.45, 2.75) is 17.9 Å². The molecule has 0 saturated carbocycles. The van der Waals surface area contributed by atoms with Crippen molar-refractivity contribution in [3.63, 3.8) is 0 Å². The summed E-state index contributed by atoms with van der Waals surface area (Å²) in [6.07, 6.45) is 2.61. The van der Waals surface area contributed by atoms with E-state index in [1.807, 2.05) is 24.1 Å². The molecule has 0 aliphatic carbocycles. The van der Waals surface area contributed by atoms with Gasteiger partial charge in [0.05, 0.1) is 14.2 Å². The molecule has 0 unspecified atom stereocenters. The van der Waals surface area contributed by atoms with Crippen molar-refractivity contribution < 1.29 is 14.3 Å². The molecule has 7 heteroatoms. The fourth-order valence-corrected chi connectivity index (χ4v) is 3.56. The number of thioether (sulfide) groups is 1. The number of benzene rings is 1. The number of hydrogen-bond acceptors (Lipinski definition) is 6. The maximum Gasteiger partial charge on any atom is 0.223 e. The van der Waals surface area contributed by atoms with Gasteiger partial charge in [0.1, 0.15) is 0 Å². The average molecular weight is 368 g/mol. The molecule has 0 spiro atoms. The number of rotatable bonds is 8. The number of carbonyl (C=O) groups excluding carboxylic acids is 1. The highest BCUT2D eigenvalue weighted by molar-refractivity contribution is 7.98. The van der Waals surface area contributed by atoms with Gasteiger partial charge in [-0.2, -0.15) is 0 Å². The fraction of sp³-hybridized carbons (Fsp3) is 0.611. The Balaban J connectivity index is 1.94. The number of ether oxygens (including phenoxy) is 2. The van der Waals surface area contributed by atoms with E-state index in [0.717, 1.165) is 55.7 Å². The maximum absolute atomic E-state index is 12.3. The van der Waals surface area contributed by atoms with Crippen molar-refractivity contribution in [2.75, 3.05) is 60.2 Å². The summed E-state index contributed by atoms with van der Waals surface area (Å²) in [5.74, 6) is 1.72. The zero-order valence-electron chi connectivity index (χ0n) is 15.6. The third-order valence-corrected chi connectivity index (χ3v) is 5.22. The third kappa shape index (κ3) is 5.52. The van der Waals surface area contributed by atoms with Crippen LogP contribution in [-0.2, 0) is 11.3 Å². The second kappa shape index (κ2) is 9.89. The highest BCUT2D eigenvalue weighted by atomic mass is 32.2. The molecular weight excluding hydrogens is 338 g/mol. The summed E-state index contributed by atoms with van der Waals surface area (Å²) in [6.45, 7) is 4.93. The number of amides is 1. The number of nitrogens with zero attached hydrogens (tertiary/aromatic N) is 2. The molecule has 1 heterocycles. The van der Waals surface area contributed by atoms with E-state index >= 15 is 0 Å². The Labute approximate surface area is 154 Å². The molecule has 140 valence electrons. The lowest BCUT2D eigenvalue weighted by molar-refractivity contribution is -0.132. The van der Waals surface area contributed by atoms with E-state index in [1.165, 1.54) is 5.56 Å². The summed E-state index contributed by atoms with van der Waals surface area (Å²) in [5.41, 5.74) is 1.18. The van der Waals surface area contributed by atoms with Crippen LogP contribution < -0.4 is 14.8 Å². The van der Waals surface area contributed by atoms with Crippen LogP contribution in [0.15, 0.2) is 17.0 Å². The van der Waals surface area contributed by atoms with E-state index in [1.54, 1.807) is 26.0 Å². The van der Waals surface area contributed by atoms with Gasteiger partial charge in [-0.3, -0.25) is 4.79 Å². The Morgan fingerprint density at radius 1 is 1.24 bits per heavy atom. The van der Waals surface area contributed by atoms with E-state index in [-0.39, 0.29) is 5.91 Å². The summed E-state index contributed by atoms with van der Waals surface area (Å²) in [6, 6.07) is 4.04. The van der Waals surface area contributed by atoms with E-state index in [2.05, 4.69) is 16.5 Å². The van der Waals surface area contributed by atoms with Gasteiger partial charge in [0.2, 0.25) is 5.91 Å². The van der Waals surface area contributed by atoms with Gasteiger partial charge in [0, 0.05) is 50.6 Å². The van der Waals surface area contributed by atoms with Crippen molar-refractivity contribution in [3.05, 3.63) is 17.7 Å². The topological polar surface area (TPSA) is 54.0 Å².